The highest BCUT2D eigenvalue weighted by molar-refractivity contribution is 5.91. The first-order valence-corrected chi connectivity index (χ1v) is 9.30. The summed E-state index contributed by atoms with van der Waals surface area (Å²) < 4.78 is 5.44. The smallest absolute Gasteiger partial charge is 0.273 e. The fourth-order valence-corrected chi connectivity index (χ4v) is 3.77. The van der Waals surface area contributed by atoms with E-state index in [-0.39, 0.29) is 11.9 Å². The van der Waals surface area contributed by atoms with Gasteiger partial charge in [0.15, 0.2) is 5.69 Å². The fraction of sp³-hybridized carbons (Fsp3) is 0.778. The van der Waals surface area contributed by atoms with E-state index >= 15 is 0 Å². The summed E-state index contributed by atoms with van der Waals surface area (Å²) in [6.45, 7) is 1.73. The van der Waals surface area contributed by atoms with Gasteiger partial charge in [-0.15, -0.1) is 0 Å². The van der Waals surface area contributed by atoms with Crippen molar-refractivity contribution in [1.82, 2.24) is 15.6 Å². The SMILES string of the molecule is O=C(NCCCCC1CCCCC1)c1coc(C2CCCN2)n1. The minimum Gasteiger partial charge on any atom is -0.446 e. The third kappa shape index (κ3) is 4.80. The second-order valence-corrected chi connectivity index (χ2v) is 6.98. The summed E-state index contributed by atoms with van der Waals surface area (Å²) in [7, 11) is 0. The highest BCUT2D eigenvalue weighted by Gasteiger charge is 2.22. The predicted octanol–water partition coefficient (Wildman–Crippen LogP) is 3.58. The molecule has 0 bridgehead atoms. The number of carbonyl (C=O) groups excluding carboxylic acids is 1. The average Bonchev–Trinajstić information content (AvgIpc) is 3.26. The van der Waals surface area contributed by atoms with Crippen molar-refractivity contribution in [2.24, 2.45) is 5.92 Å². The number of rotatable bonds is 7. The number of hydrogen-bond acceptors (Lipinski definition) is 4. The number of aromatic nitrogens is 1. The Labute approximate surface area is 138 Å². The maximum Gasteiger partial charge on any atom is 0.273 e. The lowest BCUT2D eigenvalue weighted by molar-refractivity contribution is 0.0947. The molecule has 2 aliphatic rings. The maximum atomic E-state index is 12.1. The van der Waals surface area contributed by atoms with Crippen LogP contribution in [-0.2, 0) is 0 Å². The summed E-state index contributed by atoms with van der Waals surface area (Å²) in [4.78, 5) is 16.4. The summed E-state index contributed by atoms with van der Waals surface area (Å²) in [6, 6.07) is 0.173. The molecule has 1 saturated heterocycles. The zero-order valence-corrected chi connectivity index (χ0v) is 14.0. The van der Waals surface area contributed by atoms with Crippen LogP contribution >= 0.6 is 0 Å². The van der Waals surface area contributed by atoms with Gasteiger partial charge < -0.3 is 15.1 Å². The first-order chi connectivity index (χ1) is 11.3. The highest BCUT2D eigenvalue weighted by Crippen LogP contribution is 2.27. The van der Waals surface area contributed by atoms with Crippen molar-refractivity contribution in [3.8, 4) is 0 Å². The van der Waals surface area contributed by atoms with Gasteiger partial charge in [-0.05, 0) is 31.7 Å². The topological polar surface area (TPSA) is 67.2 Å². The van der Waals surface area contributed by atoms with Crippen LogP contribution in [0.2, 0.25) is 0 Å². The number of oxazole rings is 1. The molecule has 1 aromatic heterocycles. The Kier molecular flexibility index (Phi) is 6.08. The molecule has 5 heteroatoms. The van der Waals surface area contributed by atoms with Gasteiger partial charge in [-0.25, -0.2) is 4.98 Å². The number of amides is 1. The van der Waals surface area contributed by atoms with Gasteiger partial charge in [-0.2, -0.15) is 0 Å². The second kappa shape index (κ2) is 8.48. The van der Waals surface area contributed by atoms with E-state index in [1.54, 1.807) is 0 Å². The Morgan fingerprint density at radius 3 is 2.87 bits per heavy atom. The summed E-state index contributed by atoms with van der Waals surface area (Å²) in [5, 5.41) is 6.29. The van der Waals surface area contributed by atoms with Gasteiger partial charge in [0.05, 0.1) is 6.04 Å². The van der Waals surface area contributed by atoms with E-state index in [9.17, 15) is 4.79 Å². The van der Waals surface area contributed by atoms with Crippen LogP contribution in [0.4, 0.5) is 0 Å². The van der Waals surface area contributed by atoms with E-state index < -0.39 is 0 Å². The van der Waals surface area contributed by atoms with Crippen LogP contribution in [0, 0.1) is 5.92 Å². The molecule has 1 unspecified atom stereocenters. The Bertz CT molecular complexity index is 488. The minimum absolute atomic E-state index is 0.115. The zero-order chi connectivity index (χ0) is 15.9. The van der Waals surface area contributed by atoms with Crippen LogP contribution < -0.4 is 10.6 Å². The van der Waals surface area contributed by atoms with E-state index in [1.807, 2.05) is 0 Å². The molecule has 1 aromatic rings. The van der Waals surface area contributed by atoms with Crippen molar-refractivity contribution in [1.29, 1.82) is 0 Å². The molecule has 1 atom stereocenters. The number of nitrogens with one attached hydrogen (secondary N) is 2. The third-order valence-electron chi connectivity index (χ3n) is 5.16. The minimum atomic E-state index is -0.115. The Balaban J connectivity index is 1.32. The molecule has 2 N–H and O–H groups in total. The van der Waals surface area contributed by atoms with Gasteiger partial charge in [-0.1, -0.05) is 44.9 Å². The Morgan fingerprint density at radius 2 is 2.09 bits per heavy atom. The number of unbranched alkanes of at least 4 members (excludes halogenated alkanes) is 1. The van der Waals surface area contributed by atoms with Crippen LogP contribution in [-0.4, -0.2) is 24.0 Å². The summed E-state index contributed by atoms with van der Waals surface area (Å²) in [5.74, 6) is 1.46. The normalized spacial score (nSPS) is 22.3. The lowest BCUT2D eigenvalue weighted by Gasteiger charge is -2.21. The molecule has 23 heavy (non-hydrogen) atoms. The van der Waals surface area contributed by atoms with Crippen molar-refractivity contribution >= 4 is 5.91 Å². The van der Waals surface area contributed by atoms with E-state index in [1.165, 1.54) is 51.2 Å². The lowest BCUT2D eigenvalue weighted by atomic mass is 9.86. The number of hydrogen-bond donors (Lipinski definition) is 2. The molecule has 1 aliphatic carbocycles. The lowest BCUT2D eigenvalue weighted by Crippen LogP contribution is -2.25. The summed E-state index contributed by atoms with van der Waals surface area (Å²) in [6.07, 6.45) is 14.3. The van der Waals surface area contributed by atoms with E-state index in [4.69, 9.17) is 4.42 Å². The van der Waals surface area contributed by atoms with Gasteiger partial charge in [0.1, 0.15) is 6.26 Å². The quantitative estimate of drug-likeness (QED) is 0.754. The fourth-order valence-electron chi connectivity index (χ4n) is 3.77. The molecule has 0 aromatic carbocycles. The van der Waals surface area contributed by atoms with Gasteiger partial charge in [-0.3, -0.25) is 4.79 Å². The molecule has 128 valence electrons. The molecule has 1 aliphatic heterocycles. The Hall–Kier alpha value is -1.36. The van der Waals surface area contributed by atoms with Crippen LogP contribution in [0.5, 0.6) is 0 Å². The van der Waals surface area contributed by atoms with Crippen molar-refractivity contribution in [3.63, 3.8) is 0 Å². The van der Waals surface area contributed by atoms with Crippen LogP contribution in [0.1, 0.15) is 86.6 Å². The first kappa shape index (κ1) is 16.5. The van der Waals surface area contributed by atoms with Crippen LogP contribution in [0.15, 0.2) is 10.7 Å². The molecular formula is C18H29N3O2. The first-order valence-electron chi connectivity index (χ1n) is 9.30. The molecule has 0 radical (unpaired) electrons. The molecule has 3 rings (SSSR count). The van der Waals surface area contributed by atoms with Gasteiger partial charge in [0, 0.05) is 6.54 Å². The highest BCUT2D eigenvalue weighted by atomic mass is 16.3. The van der Waals surface area contributed by atoms with Crippen LogP contribution in [0.3, 0.4) is 0 Å². The molecular weight excluding hydrogens is 290 g/mol. The van der Waals surface area contributed by atoms with Gasteiger partial charge >= 0.3 is 0 Å². The van der Waals surface area contributed by atoms with Crippen molar-refractivity contribution in [2.75, 3.05) is 13.1 Å². The molecule has 1 saturated carbocycles. The largest absolute Gasteiger partial charge is 0.446 e. The maximum absolute atomic E-state index is 12.1. The predicted molar refractivity (Wildman–Crippen MR) is 89.2 cm³/mol. The van der Waals surface area contributed by atoms with Gasteiger partial charge in [0.2, 0.25) is 5.89 Å². The summed E-state index contributed by atoms with van der Waals surface area (Å²) >= 11 is 0. The third-order valence-corrected chi connectivity index (χ3v) is 5.16. The zero-order valence-electron chi connectivity index (χ0n) is 14.0. The monoisotopic (exact) mass is 319 g/mol. The van der Waals surface area contributed by atoms with Crippen molar-refractivity contribution in [3.05, 3.63) is 17.8 Å². The second-order valence-electron chi connectivity index (χ2n) is 6.98. The van der Waals surface area contributed by atoms with Crippen LogP contribution in [0.25, 0.3) is 0 Å². The molecule has 2 fully saturated rings. The van der Waals surface area contributed by atoms with E-state index in [2.05, 4.69) is 15.6 Å². The van der Waals surface area contributed by atoms with Crippen molar-refractivity contribution in [2.45, 2.75) is 70.3 Å². The van der Waals surface area contributed by atoms with E-state index in [0.29, 0.717) is 11.6 Å². The van der Waals surface area contributed by atoms with Gasteiger partial charge in [0.25, 0.3) is 5.91 Å². The summed E-state index contributed by atoms with van der Waals surface area (Å²) in [5.41, 5.74) is 0.404. The standard InChI is InChI=1S/C18H29N3O2/c22-17(16-13-23-18(21-16)15-10-6-12-19-15)20-11-5-4-9-14-7-2-1-3-8-14/h13-15,19H,1-12H2,(H,20,22). The molecule has 5 nitrogen and oxygen atoms in total. The van der Waals surface area contributed by atoms with E-state index in [0.717, 1.165) is 38.3 Å². The molecule has 1 amide bonds. The molecule has 0 spiro atoms. The number of carbonyl (C=O) groups is 1. The molecule has 2 heterocycles. The van der Waals surface area contributed by atoms with Crippen molar-refractivity contribution < 1.29 is 9.21 Å². The number of nitrogens with zero attached hydrogens (tertiary/aromatic N) is 1. The average molecular weight is 319 g/mol. The Morgan fingerprint density at radius 1 is 1.22 bits per heavy atom.